The van der Waals surface area contributed by atoms with Crippen molar-refractivity contribution in [3.8, 4) is 0 Å². The molecule has 1 nitrogen and oxygen atoms in total. The molecule has 0 aromatic heterocycles. The van der Waals surface area contributed by atoms with E-state index in [0.717, 1.165) is 6.54 Å². The van der Waals surface area contributed by atoms with E-state index >= 15 is 0 Å². The molecule has 0 saturated heterocycles. The van der Waals surface area contributed by atoms with Crippen LogP contribution in [-0.2, 0) is 6.42 Å². The molecule has 1 heteroatoms. The predicted molar refractivity (Wildman–Crippen MR) is 95.0 cm³/mol. The summed E-state index contributed by atoms with van der Waals surface area (Å²) in [5.41, 5.74) is 2.86. The molecule has 0 fully saturated rings. The van der Waals surface area contributed by atoms with Crippen LogP contribution in [0.5, 0.6) is 0 Å². The maximum absolute atomic E-state index is 3.74. The maximum atomic E-state index is 3.74. The molecular weight excluding hydrogens is 254 g/mol. The fraction of sp³-hybridized carbons (Fsp3) is 0.700. The van der Waals surface area contributed by atoms with E-state index in [1.54, 1.807) is 0 Å². The van der Waals surface area contributed by atoms with Gasteiger partial charge in [0.1, 0.15) is 0 Å². The van der Waals surface area contributed by atoms with Gasteiger partial charge in [-0.2, -0.15) is 0 Å². The monoisotopic (exact) mass is 289 g/mol. The van der Waals surface area contributed by atoms with Crippen LogP contribution < -0.4 is 5.32 Å². The summed E-state index contributed by atoms with van der Waals surface area (Å²) >= 11 is 0. The van der Waals surface area contributed by atoms with Crippen molar-refractivity contribution in [3.05, 3.63) is 35.4 Å². The third-order valence-corrected chi connectivity index (χ3v) is 4.15. The second-order valence-electron chi connectivity index (χ2n) is 6.40. The highest BCUT2D eigenvalue weighted by atomic mass is 14.9. The minimum Gasteiger partial charge on any atom is -0.314 e. The van der Waals surface area contributed by atoms with Gasteiger partial charge in [0.25, 0.3) is 0 Å². The van der Waals surface area contributed by atoms with Gasteiger partial charge >= 0.3 is 0 Å². The second-order valence-corrected chi connectivity index (χ2v) is 6.40. The van der Waals surface area contributed by atoms with E-state index in [-0.39, 0.29) is 0 Å². The Kier molecular flexibility index (Phi) is 10.2. The number of hydrogen-bond donors (Lipinski definition) is 1. The van der Waals surface area contributed by atoms with Crippen molar-refractivity contribution >= 4 is 0 Å². The highest BCUT2D eigenvalue weighted by molar-refractivity contribution is 5.22. The summed E-state index contributed by atoms with van der Waals surface area (Å²) in [5.74, 6) is 0. The van der Waals surface area contributed by atoms with Gasteiger partial charge in [-0.1, -0.05) is 82.2 Å². The fourth-order valence-corrected chi connectivity index (χ4v) is 2.92. The van der Waals surface area contributed by atoms with Gasteiger partial charge in [-0.15, -0.1) is 0 Å². The number of nitrogens with one attached hydrogen (secondary N) is 1. The normalized spacial score (nSPS) is 12.5. The first kappa shape index (κ1) is 18.2. The Morgan fingerprint density at radius 3 is 2.43 bits per heavy atom. The average Bonchev–Trinajstić information content (AvgIpc) is 2.48. The van der Waals surface area contributed by atoms with Crippen LogP contribution in [0.3, 0.4) is 0 Å². The van der Waals surface area contributed by atoms with Crippen LogP contribution in [0, 0.1) is 6.92 Å². The van der Waals surface area contributed by atoms with Crippen LogP contribution in [0.15, 0.2) is 24.3 Å². The number of rotatable bonds is 12. The van der Waals surface area contributed by atoms with Gasteiger partial charge in [-0.25, -0.2) is 0 Å². The van der Waals surface area contributed by atoms with Crippen molar-refractivity contribution in [3.63, 3.8) is 0 Å². The van der Waals surface area contributed by atoms with Crippen molar-refractivity contribution in [2.75, 3.05) is 6.54 Å². The molecule has 0 radical (unpaired) electrons. The molecule has 1 N–H and O–H groups in total. The van der Waals surface area contributed by atoms with Crippen molar-refractivity contribution in [1.82, 2.24) is 5.32 Å². The Hall–Kier alpha value is -0.820. The van der Waals surface area contributed by atoms with E-state index in [9.17, 15) is 0 Å². The molecule has 1 unspecified atom stereocenters. The van der Waals surface area contributed by atoms with Gasteiger partial charge in [0, 0.05) is 6.04 Å². The fourth-order valence-electron chi connectivity index (χ4n) is 2.92. The molecule has 120 valence electrons. The number of hydrogen-bond acceptors (Lipinski definition) is 1. The molecule has 0 bridgehead atoms. The van der Waals surface area contributed by atoms with Gasteiger partial charge in [0.15, 0.2) is 0 Å². The highest BCUT2D eigenvalue weighted by Crippen LogP contribution is 2.13. The Labute approximate surface area is 132 Å². The second kappa shape index (κ2) is 11.8. The van der Waals surface area contributed by atoms with Crippen LogP contribution in [0.25, 0.3) is 0 Å². The zero-order chi connectivity index (χ0) is 15.3. The molecule has 0 amide bonds. The first-order chi connectivity index (χ1) is 10.3. The van der Waals surface area contributed by atoms with E-state index in [2.05, 4.69) is 50.4 Å². The van der Waals surface area contributed by atoms with E-state index in [4.69, 9.17) is 0 Å². The predicted octanol–water partition coefficient (Wildman–Crippen LogP) is 5.66. The van der Waals surface area contributed by atoms with E-state index in [1.807, 2.05) is 0 Å². The number of unbranched alkanes of at least 4 members (excludes halogenated alkanes) is 5. The molecule has 0 saturated carbocycles. The molecular formula is C20H35N. The molecule has 1 atom stereocenters. The topological polar surface area (TPSA) is 12.0 Å². The van der Waals surface area contributed by atoms with Crippen molar-refractivity contribution in [2.24, 2.45) is 0 Å². The van der Waals surface area contributed by atoms with Crippen LogP contribution in [0.4, 0.5) is 0 Å². The molecule has 1 rings (SSSR count). The molecule has 0 spiro atoms. The highest BCUT2D eigenvalue weighted by Gasteiger charge is 2.08. The van der Waals surface area contributed by atoms with E-state index < -0.39 is 0 Å². The first-order valence-corrected chi connectivity index (χ1v) is 9.05. The first-order valence-electron chi connectivity index (χ1n) is 9.05. The summed E-state index contributed by atoms with van der Waals surface area (Å²) in [7, 11) is 0. The Morgan fingerprint density at radius 1 is 0.952 bits per heavy atom. The summed E-state index contributed by atoms with van der Waals surface area (Å²) in [4.78, 5) is 0. The lowest BCUT2D eigenvalue weighted by Gasteiger charge is -2.19. The smallest absolute Gasteiger partial charge is 0.0107 e. The standard InChI is InChI=1S/C20H35N/c1-4-6-7-8-9-10-14-20(21-15-5-2)17-19-13-11-12-18(3)16-19/h11-13,16,20-21H,4-10,14-15,17H2,1-3H3. The van der Waals surface area contributed by atoms with E-state index in [1.165, 1.54) is 68.9 Å². The Morgan fingerprint density at radius 2 is 1.71 bits per heavy atom. The van der Waals surface area contributed by atoms with Crippen LogP contribution >= 0.6 is 0 Å². The molecule has 21 heavy (non-hydrogen) atoms. The third-order valence-electron chi connectivity index (χ3n) is 4.15. The van der Waals surface area contributed by atoms with Crippen LogP contribution in [-0.4, -0.2) is 12.6 Å². The van der Waals surface area contributed by atoms with Gasteiger partial charge in [0.05, 0.1) is 0 Å². The summed E-state index contributed by atoms with van der Waals surface area (Å²) in [6, 6.07) is 9.63. The summed E-state index contributed by atoms with van der Waals surface area (Å²) in [6.45, 7) is 7.87. The maximum Gasteiger partial charge on any atom is 0.0107 e. The lowest BCUT2D eigenvalue weighted by atomic mass is 9.98. The minimum absolute atomic E-state index is 0.651. The summed E-state index contributed by atoms with van der Waals surface area (Å²) < 4.78 is 0. The quantitative estimate of drug-likeness (QED) is 0.490. The molecule has 1 aromatic rings. The third kappa shape index (κ3) is 8.93. The zero-order valence-corrected chi connectivity index (χ0v) is 14.5. The lowest BCUT2D eigenvalue weighted by Crippen LogP contribution is -2.31. The van der Waals surface area contributed by atoms with Crippen molar-refractivity contribution in [2.45, 2.75) is 84.6 Å². The SMILES string of the molecule is CCCCCCCCC(Cc1cccc(C)c1)NCCC. The average molecular weight is 290 g/mol. The zero-order valence-electron chi connectivity index (χ0n) is 14.5. The summed E-state index contributed by atoms with van der Waals surface area (Å²) in [5, 5.41) is 3.74. The molecule has 0 aliphatic rings. The number of benzene rings is 1. The molecule has 0 aliphatic carbocycles. The molecule has 0 heterocycles. The van der Waals surface area contributed by atoms with Crippen LogP contribution in [0.1, 0.15) is 76.3 Å². The minimum atomic E-state index is 0.651. The lowest BCUT2D eigenvalue weighted by molar-refractivity contribution is 0.450. The van der Waals surface area contributed by atoms with Gasteiger partial charge in [-0.3, -0.25) is 0 Å². The van der Waals surface area contributed by atoms with Gasteiger partial charge in [0.2, 0.25) is 0 Å². The largest absolute Gasteiger partial charge is 0.314 e. The van der Waals surface area contributed by atoms with Crippen molar-refractivity contribution < 1.29 is 0 Å². The molecule has 0 aliphatic heterocycles. The van der Waals surface area contributed by atoms with Gasteiger partial charge < -0.3 is 5.32 Å². The molecule has 1 aromatic carbocycles. The summed E-state index contributed by atoms with van der Waals surface area (Å²) in [6.07, 6.45) is 12.1. The number of aryl methyl sites for hydroxylation is 1. The Bertz CT molecular complexity index is 359. The van der Waals surface area contributed by atoms with E-state index in [0.29, 0.717) is 6.04 Å². The van der Waals surface area contributed by atoms with Crippen molar-refractivity contribution in [1.29, 1.82) is 0 Å². The van der Waals surface area contributed by atoms with Crippen LogP contribution in [0.2, 0.25) is 0 Å². The van der Waals surface area contributed by atoms with Gasteiger partial charge in [-0.05, 0) is 38.3 Å². The Balaban J connectivity index is 2.33.